The summed E-state index contributed by atoms with van der Waals surface area (Å²) in [5.41, 5.74) is 0.965. The van der Waals surface area contributed by atoms with Crippen molar-refractivity contribution >= 4 is 28.6 Å². The predicted molar refractivity (Wildman–Crippen MR) is 132 cm³/mol. The van der Waals surface area contributed by atoms with Gasteiger partial charge >= 0.3 is 5.69 Å². The van der Waals surface area contributed by atoms with E-state index in [1.54, 1.807) is 18.3 Å². The lowest BCUT2D eigenvalue weighted by atomic mass is 10.2. The predicted octanol–water partition coefficient (Wildman–Crippen LogP) is 2.96. The smallest absolute Gasteiger partial charge is 0.332 e. The van der Waals surface area contributed by atoms with Gasteiger partial charge in [-0.2, -0.15) is 0 Å². The SMILES string of the molecule is CCCn1c(=O)c2[nH]c(-c3ccc(NCC(=O)Nc4ccc(F)cc4)nc3)nc2n(CCC)c1=O. The Morgan fingerprint density at radius 1 is 1.03 bits per heavy atom. The minimum absolute atomic E-state index is 0.0331. The van der Waals surface area contributed by atoms with Crippen LogP contribution in [0.4, 0.5) is 15.9 Å². The molecule has 0 aliphatic heterocycles. The first-order chi connectivity index (χ1) is 16.9. The maximum Gasteiger partial charge on any atom is 0.332 e. The standard InChI is InChI=1S/C24H26FN7O3/c1-3-11-31-22-20(23(34)32(12-4-2)24(31)35)29-21(30-22)15-5-10-18(26-13-15)27-14-19(33)28-17-8-6-16(25)7-9-17/h5-10,13H,3-4,11-12,14H2,1-2H3,(H,26,27)(H,28,33)(H,29,30). The second kappa shape index (κ2) is 10.3. The first-order valence-electron chi connectivity index (χ1n) is 11.4. The number of carbonyl (C=O) groups is 1. The summed E-state index contributed by atoms with van der Waals surface area (Å²) in [6.07, 6.45) is 2.94. The molecule has 4 rings (SSSR count). The van der Waals surface area contributed by atoms with Gasteiger partial charge in [0.2, 0.25) is 5.91 Å². The van der Waals surface area contributed by atoms with Crippen LogP contribution in [0.15, 0.2) is 52.2 Å². The van der Waals surface area contributed by atoms with Gasteiger partial charge in [-0.3, -0.25) is 18.7 Å². The number of pyridine rings is 1. The zero-order valence-corrected chi connectivity index (χ0v) is 19.5. The van der Waals surface area contributed by atoms with E-state index in [1.807, 2.05) is 13.8 Å². The summed E-state index contributed by atoms with van der Waals surface area (Å²) in [6, 6.07) is 8.92. The number of benzene rings is 1. The molecule has 182 valence electrons. The van der Waals surface area contributed by atoms with E-state index in [0.717, 1.165) is 6.42 Å². The van der Waals surface area contributed by atoms with Crippen LogP contribution in [0.25, 0.3) is 22.6 Å². The molecular formula is C24H26FN7O3. The monoisotopic (exact) mass is 479 g/mol. The second-order valence-corrected chi connectivity index (χ2v) is 8.02. The van der Waals surface area contributed by atoms with Crippen LogP contribution in [0.5, 0.6) is 0 Å². The number of nitrogens with one attached hydrogen (secondary N) is 3. The first-order valence-corrected chi connectivity index (χ1v) is 11.4. The first kappa shape index (κ1) is 23.9. The van der Waals surface area contributed by atoms with Gasteiger partial charge in [-0.25, -0.2) is 19.2 Å². The molecule has 10 nitrogen and oxygen atoms in total. The number of aromatic amines is 1. The molecule has 3 aromatic heterocycles. The summed E-state index contributed by atoms with van der Waals surface area (Å²) in [6.45, 7) is 4.62. The topological polar surface area (TPSA) is 127 Å². The molecule has 0 atom stereocenters. The van der Waals surface area contributed by atoms with E-state index in [4.69, 9.17) is 0 Å². The molecule has 4 aromatic rings. The number of halogens is 1. The van der Waals surface area contributed by atoms with Crippen molar-refractivity contribution in [3.63, 3.8) is 0 Å². The van der Waals surface area contributed by atoms with Crippen LogP contribution in [0.2, 0.25) is 0 Å². The Morgan fingerprint density at radius 3 is 2.40 bits per heavy atom. The lowest BCUT2D eigenvalue weighted by Gasteiger charge is -2.09. The number of H-pyrrole nitrogens is 1. The number of fused-ring (bicyclic) bond motifs is 1. The fraction of sp³-hybridized carbons (Fsp3) is 0.292. The van der Waals surface area contributed by atoms with Crippen LogP contribution in [0.3, 0.4) is 0 Å². The van der Waals surface area contributed by atoms with Crippen LogP contribution in [-0.2, 0) is 17.9 Å². The molecule has 0 radical (unpaired) electrons. The number of nitrogens with zero attached hydrogens (tertiary/aromatic N) is 4. The molecule has 0 saturated carbocycles. The molecule has 35 heavy (non-hydrogen) atoms. The summed E-state index contributed by atoms with van der Waals surface area (Å²) in [5, 5.41) is 5.58. The molecule has 0 aliphatic carbocycles. The third-order valence-electron chi connectivity index (χ3n) is 5.35. The molecule has 1 aromatic carbocycles. The molecule has 3 N–H and O–H groups in total. The van der Waals surface area contributed by atoms with Crippen LogP contribution in [-0.4, -0.2) is 36.5 Å². The number of aromatic nitrogens is 5. The third kappa shape index (κ3) is 5.13. The number of amides is 1. The van der Waals surface area contributed by atoms with Gasteiger partial charge in [-0.1, -0.05) is 13.8 Å². The van der Waals surface area contributed by atoms with E-state index in [-0.39, 0.29) is 29.5 Å². The maximum absolute atomic E-state index is 13.0. The summed E-state index contributed by atoms with van der Waals surface area (Å²) in [7, 11) is 0. The Morgan fingerprint density at radius 2 is 1.74 bits per heavy atom. The zero-order chi connectivity index (χ0) is 24.9. The molecule has 3 heterocycles. The third-order valence-corrected chi connectivity index (χ3v) is 5.35. The Kier molecular flexibility index (Phi) is 7.04. The number of rotatable bonds is 9. The van der Waals surface area contributed by atoms with E-state index in [1.165, 1.54) is 33.4 Å². The average molecular weight is 480 g/mol. The highest BCUT2D eigenvalue weighted by Gasteiger charge is 2.17. The molecular weight excluding hydrogens is 453 g/mol. The fourth-order valence-electron chi connectivity index (χ4n) is 3.70. The highest BCUT2D eigenvalue weighted by Crippen LogP contribution is 2.19. The van der Waals surface area contributed by atoms with Crippen LogP contribution >= 0.6 is 0 Å². The van der Waals surface area contributed by atoms with Crippen molar-refractivity contribution in [3.8, 4) is 11.4 Å². The number of imidazole rings is 1. The minimum Gasteiger partial charge on any atom is -0.361 e. The van der Waals surface area contributed by atoms with Crippen molar-refractivity contribution in [2.75, 3.05) is 17.2 Å². The molecule has 11 heteroatoms. The lowest BCUT2D eigenvalue weighted by molar-refractivity contribution is -0.114. The van der Waals surface area contributed by atoms with Gasteiger partial charge in [0.1, 0.15) is 23.0 Å². The van der Waals surface area contributed by atoms with Gasteiger partial charge < -0.3 is 15.6 Å². The van der Waals surface area contributed by atoms with Gasteiger partial charge in [-0.05, 0) is 49.2 Å². The van der Waals surface area contributed by atoms with E-state index >= 15 is 0 Å². The number of carbonyl (C=O) groups excluding carboxylic acids is 1. The van der Waals surface area contributed by atoms with Gasteiger partial charge in [-0.15, -0.1) is 0 Å². The van der Waals surface area contributed by atoms with E-state index in [9.17, 15) is 18.8 Å². The molecule has 0 aliphatic rings. The van der Waals surface area contributed by atoms with E-state index in [2.05, 4.69) is 25.6 Å². The molecule has 0 bridgehead atoms. The zero-order valence-electron chi connectivity index (χ0n) is 19.5. The second-order valence-electron chi connectivity index (χ2n) is 8.02. The van der Waals surface area contributed by atoms with Gasteiger partial charge in [0, 0.05) is 30.5 Å². The van der Waals surface area contributed by atoms with Crippen molar-refractivity contribution in [1.29, 1.82) is 0 Å². The maximum atomic E-state index is 13.0. The Balaban J connectivity index is 1.52. The normalized spacial score (nSPS) is 11.1. The summed E-state index contributed by atoms with van der Waals surface area (Å²) < 4.78 is 15.7. The van der Waals surface area contributed by atoms with Crippen molar-refractivity contribution < 1.29 is 9.18 Å². The summed E-state index contributed by atoms with van der Waals surface area (Å²) in [5.74, 6) is 0.197. The molecule has 1 amide bonds. The Labute approximate surface area is 199 Å². The van der Waals surface area contributed by atoms with E-state index < -0.39 is 5.56 Å². The number of anilines is 2. The molecule has 0 fully saturated rings. The van der Waals surface area contributed by atoms with Gasteiger partial charge in [0.25, 0.3) is 5.56 Å². The fourth-order valence-corrected chi connectivity index (χ4v) is 3.70. The Bertz CT molecular complexity index is 1450. The van der Waals surface area contributed by atoms with Crippen LogP contribution in [0.1, 0.15) is 26.7 Å². The largest absolute Gasteiger partial charge is 0.361 e. The number of hydrogen-bond acceptors (Lipinski definition) is 6. The molecule has 0 saturated heterocycles. The van der Waals surface area contributed by atoms with Crippen molar-refractivity contribution in [2.24, 2.45) is 0 Å². The highest BCUT2D eigenvalue weighted by molar-refractivity contribution is 5.93. The summed E-state index contributed by atoms with van der Waals surface area (Å²) >= 11 is 0. The van der Waals surface area contributed by atoms with Crippen molar-refractivity contribution in [2.45, 2.75) is 39.8 Å². The quantitative estimate of drug-likeness (QED) is 0.339. The molecule has 0 spiro atoms. The van der Waals surface area contributed by atoms with Crippen LogP contribution in [0, 0.1) is 5.82 Å². The summed E-state index contributed by atoms with van der Waals surface area (Å²) in [4.78, 5) is 49.7. The molecule has 0 unspecified atom stereocenters. The minimum atomic E-state index is -0.392. The van der Waals surface area contributed by atoms with Crippen LogP contribution < -0.4 is 21.9 Å². The number of hydrogen-bond donors (Lipinski definition) is 3. The van der Waals surface area contributed by atoms with E-state index in [0.29, 0.717) is 48.1 Å². The van der Waals surface area contributed by atoms with Crippen molar-refractivity contribution in [1.82, 2.24) is 24.1 Å². The highest BCUT2D eigenvalue weighted by atomic mass is 19.1. The van der Waals surface area contributed by atoms with Crippen molar-refractivity contribution in [3.05, 3.63) is 69.3 Å². The average Bonchev–Trinajstić information content (AvgIpc) is 3.30. The Hall–Kier alpha value is -4.28. The van der Waals surface area contributed by atoms with Gasteiger partial charge in [0.15, 0.2) is 5.65 Å². The number of aryl methyl sites for hydroxylation is 1. The lowest BCUT2D eigenvalue weighted by Crippen LogP contribution is -2.40. The van der Waals surface area contributed by atoms with Gasteiger partial charge in [0.05, 0.1) is 6.54 Å².